The summed E-state index contributed by atoms with van der Waals surface area (Å²) in [5.74, 6) is 0.996. The van der Waals surface area contributed by atoms with Gasteiger partial charge in [0.05, 0.1) is 12.5 Å². The van der Waals surface area contributed by atoms with Gasteiger partial charge in [-0.1, -0.05) is 71.7 Å². The molecule has 5 nitrogen and oxygen atoms in total. The van der Waals surface area contributed by atoms with Gasteiger partial charge in [-0.15, -0.1) is 0 Å². The van der Waals surface area contributed by atoms with Crippen molar-refractivity contribution >= 4 is 34.4 Å². The Morgan fingerprint density at radius 2 is 1.73 bits per heavy atom. The van der Waals surface area contributed by atoms with E-state index in [9.17, 15) is 9.59 Å². The molecule has 1 aromatic carbocycles. The van der Waals surface area contributed by atoms with Gasteiger partial charge in [-0.2, -0.15) is 0 Å². The SMILES string of the molecule is COC(=O)CNC(=O)[C@]12CCC(C)(C)C[C@H]1C1=CC[C@@H]3[C@@]4(C)Cc5c([nH]c6ccc(Cl)cc56)C(C)(C)[C@@H]4CC[C@@]3(C)[C@]1(C)CC2. The first kappa shape index (κ1) is 31.3. The molecule has 5 aliphatic rings. The van der Waals surface area contributed by atoms with Crippen molar-refractivity contribution < 1.29 is 14.3 Å². The fourth-order valence-corrected chi connectivity index (χ4v) is 12.5. The summed E-state index contributed by atoms with van der Waals surface area (Å²) in [6.07, 6.45) is 12.0. The molecular formula is C39H53ClN2O3. The Labute approximate surface area is 274 Å². The van der Waals surface area contributed by atoms with Crippen molar-refractivity contribution in [3.05, 3.63) is 46.1 Å². The normalized spacial score (nSPS) is 39.3. The van der Waals surface area contributed by atoms with E-state index in [-0.39, 0.29) is 51.4 Å². The van der Waals surface area contributed by atoms with E-state index in [0.717, 1.165) is 50.0 Å². The molecule has 2 aromatic rings. The lowest BCUT2D eigenvalue weighted by Crippen LogP contribution is -2.65. The van der Waals surface area contributed by atoms with Crippen molar-refractivity contribution in [2.24, 2.45) is 44.8 Å². The number of fused-ring (bicyclic) bond motifs is 10. The summed E-state index contributed by atoms with van der Waals surface area (Å²) in [5.41, 5.74) is 5.70. The van der Waals surface area contributed by atoms with E-state index in [2.05, 4.69) is 77.0 Å². The first-order valence-electron chi connectivity index (χ1n) is 17.4. The number of carbonyl (C=O) groups excluding carboxylic acids is 2. The number of aromatic amines is 1. The lowest BCUT2D eigenvalue weighted by Gasteiger charge is -2.70. The number of carbonyl (C=O) groups is 2. The fraction of sp³-hybridized carbons (Fsp3) is 0.692. The van der Waals surface area contributed by atoms with Gasteiger partial charge in [0.15, 0.2) is 0 Å². The molecule has 3 saturated carbocycles. The van der Waals surface area contributed by atoms with Crippen molar-refractivity contribution in [3.63, 3.8) is 0 Å². The number of amides is 1. The van der Waals surface area contributed by atoms with Crippen LogP contribution in [0.2, 0.25) is 5.02 Å². The Balaban J connectivity index is 1.31. The quantitative estimate of drug-likeness (QED) is 0.262. The van der Waals surface area contributed by atoms with Crippen LogP contribution in [0.15, 0.2) is 29.8 Å². The Kier molecular flexibility index (Phi) is 6.88. The molecule has 0 unspecified atom stereocenters. The third-order valence-corrected chi connectivity index (χ3v) is 15.2. The summed E-state index contributed by atoms with van der Waals surface area (Å²) in [6, 6.07) is 6.33. The number of nitrogens with one attached hydrogen (secondary N) is 2. The van der Waals surface area contributed by atoms with E-state index < -0.39 is 5.41 Å². The molecular weight excluding hydrogens is 580 g/mol. The van der Waals surface area contributed by atoms with Gasteiger partial charge >= 0.3 is 5.97 Å². The van der Waals surface area contributed by atoms with E-state index in [1.54, 1.807) is 5.57 Å². The molecule has 5 aliphatic carbocycles. The molecule has 3 fully saturated rings. The zero-order chi connectivity index (χ0) is 32.4. The number of benzene rings is 1. The molecule has 45 heavy (non-hydrogen) atoms. The predicted molar refractivity (Wildman–Crippen MR) is 181 cm³/mol. The highest BCUT2D eigenvalue weighted by atomic mass is 35.5. The second kappa shape index (κ2) is 9.87. The fourth-order valence-electron chi connectivity index (χ4n) is 12.4. The van der Waals surface area contributed by atoms with Crippen LogP contribution in [0.4, 0.5) is 0 Å². The standard InChI is InChI=1S/C39H53ClN2O3/c1-34(2)15-17-39(33(44)41-22-31(43)45-8)18-16-37(6)26(27(39)21-34)10-12-30-36(5)20-25-24-19-23(40)9-11-28(24)42-32(25)35(3,4)29(36)13-14-38(30,37)7/h9-11,19,27,29-30,42H,12-18,20-22H2,1-8H3,(H,41,44)/t27-,29-,30+,36-,37+,38+,39-/m0/s1. The molecule has 0 radical (unpaired) electrons. The highest BCUT2D eigenvalue weighted by Crippen LogP contribution is 2.75. The van der Waals surface area contributed by atoms with E-state index in [0.29, 0.717) is 11.8 Å². The number of ether oxygens (including phenoxy) is 1. The summed E-state index contributed by atoms with van der Waals surface area (Å²) in [7, 11) is 1.38. The number of methoxy groups -OCH3 is 1. The Morgan fingerprint density at radius 1 is 1.00 bits per heavy atom. The average Bonchev–Trinajstić information content (AvgIpc) is 3.33. The molecule has 244 valence electrons. The highest BCUT2D eigenvalue weighted by molar-refractivity contribution is 6.31. The van der Waals surface area contributed by atoms with E-state index in [1.165, 1.54) is 42.1 Å². The van der Waals surface area contributed by atoms with Crippen LogP contribution in [0.25, 0.3) is 10.9 Å². The van der Waals surface area contributed by atoms with E-state index in [4.69, 9.17) is 16.3 Å². The number of halogens is 1. The van der Waals surface area contributed by atoms with Crippen LogP contribution in [0.5, 0.6) is 0 Å². The van der Waals surface area contributed by atoms with Crippen molar-refractivity contribution in [2.75, 3.05) is 13.7 Å². The van der Waals surface area contributed by atoms with Gasteiger partial charge in [0, 0.05) is 27.0 Å². The molecule has 7 atom stereocenters. The number of H-pyrrole nitrogens is 1. The van der Waals surface area contributed by atoms with Crippen LogP contribution in [-0.2, 0) is 26.2 Å². The summed E-state index contributed by atoms with van der Waals surface area (Å²) >= 11 is 6.57. The van der Waals surface area contributed by atoms with Gasteiger partial charge < -0.3 is 15.0 Å². The van der Waals surface area contributed by atoms with Gasteiger partial charge in [0.25, 0.3) is 0 Å². The van der Waals surface area contributed by atoms with Gasteiger partial charge in [0.1, 0.15) is 6.54 Å². The van der Waals surface area contributed by atoms with E-state index >= 15 is 0 Å². The topological polar surface area (TPSA) is 71.2 Å². The van der Waals surface area contributed by atoms with Gasteiger partial charge in [0.2, 0.25) is 5.91 Å². The third kappa shape index (κ3) is 4.17. The van der Waals surface area contributed by atoms with Crippen LogP contribution in [-0.4, -0.2) is 30.5 Å². The number of hydrogen-bond acceptors (Lipinski definition) is 3. The first-order valence-corrected chi connectivity index (χ1v) is 17.8. The highest BCUT2D eigenvalue weighted by Gasteiger charge is 2.69. The number of allylic oxidation sites excluding steroid dienone is 2. The van der Waals surface area contributed by atoms with E-state index in [1.807, 2.05) is 6.07 Å². The molecule has 0 spiro atoms. The average molecular weight is 633 g/mol. The molecule has 1 amide bonds. The van der Waals surface area contributed by atoms with Gasteiger partial charge in [-0.05, 0) is 121 Å². The Bertz CT molecular complexity index is 1620. The summed E-state index contributed by atoms with van der Waals surface area (Å²) in [4.78, 5) is 30.0. The molecule has 1 heterocycles. The third-order valence-electron chi connectivity index (χ3n) is 14.9. The molecule has 0 bridgehead atoms. The first-order chi connectivity index (χ1) is 21.0. The van der Waals surface area contributed by atoms with Crippen molar-refractivity contribution in [1.82, 2.24) is 10.3 Å². The molecule has 0 aliphatic heterocycles. The minimum Gasteiger partial charge on any atom is -0.468 e. The lowest BCUT2D eigenvalue weighted by atomic mass is 9.33. The zero-order valence-corrected chi connectivity index (χ0v) is 29.5. The molecule has 7 rings (SSSR count). The second-order valence-electron chi connectivity index (χ2n) is 17.7. The zero-order valence-electron chi connectivity index (χ0n) is 28.7. The summed E-state index contributed by atoms with van der Waals surface area (Å²) in [5, 5.41) is 5.11. The summed E-state index contributed by atoms with van der Waals surface area (Å²) in [6.45, 7) is 17.5. The molecule has 0 saturated heterocycles. The Hall–Kier alpha value is -2.27. The summed E-state index contributed by atoms with van der Waals surface area (Å²) < 4.78 is 4.87. The van der Waals surface area contributed by atoms with Crippen LogP contribution in [0, 0.1) is 44.8 Å². The number of hydrogen-bond donors (Lipinski definition) is 2. The Morgan fingerprint density at radius 3 is 2.47 bits per heavy atom. The van der Waals surface area contributed by atoms with Crippen LogP contribution < -0.4 is 5.32 Å². The molecule has 1 aromatic heterocycles. The van der Waals surface area contributed by atoms with Gasteiger partial charge in [-0.25, -0.2) is 0 Å². The number of aromatic nitrogens is 1. The monoisotopic (exact) mass is 632 g/mol. The minimum absolute atomic E-state index is 0.0298. The number of esters is 1. The van der Waals surface area contributed by atoms with Crippen molar-refractivity contribution in [1.29, 1.82) is 0 Å². The van der Waals surface area contributed by atoms with Crippen molar-refractivity contribution in [3.8, 4) is 0 Å². The van der Waals surface area contributed by atoms with Gasteiger partial charge in [-0.3, -0.25) is 9.59 Å². The maximum absolute atomic E-state index is 14.1. The smallest absolute Gasteiger partial charge is 0.325 e. The predicted octanol–water partition coefficient (Wildman–Crippen LogP) is 8.93. The lowest BCUT2D eigenvalue weighted by molar-refractivity contribution is -0.168. The minimum atomic E-state index is -0.454. The van der Waals surface area contributed by atoms with Crippen LogP contribution in [0.3, 0.4) is 0 Å². The molecule has 2 N–H and O–H groups in total. The van der Waals surface area contributed by atoms with Crippen LogP contribution in [0.1, 0.15) is 111 Å². The maximum atomic E-state index is 14.1. The number of rotatable bonds is 3. The maximum Gasteiger partial charge on any atom is 0.325 e. The largest absolute Gasteiger partial charge is 0.468 e. The molecule has 6 heteroatoms. The van der Waals surface area contributed by atoms with Crippen molar-refractivity contribution in [2.45, 2.75) is 112 Å². The second-order valence-corrected chi connectivity index (χ2v) is 18.1. The van der Waals surface area contributed by atoms with Crippen LogP contribution >= 0.6 is 11.6 Å².